The lowest BCUT2D eigenvalue weighted by molar-refractivity contribution is 0.0843. The van der Waals surface area contributed by atoms with Gasteiger partial charge in [0, 0.05) is 13.2 Å². The van der Waals surface area contributed by atoms with Crippen LogP contribution in [0.3, 0.4) is 0 Å². The van der Waals surface area contributed by atoms with Gasteiger partial charge in [-0.15, -0.1) is 0 Å². The van der Waals surface area contributed by atoms with Crippen LogP contribution in [0.1, 0.15) is 13.3 Å². The highest BCUT2D eigenvalue weighted by molar-refractivity contribution is 4.67. The van der Waals surface area contributed by atoms with Crippen LogP contribution in [0.5, 0.6) is 0 Å². The molecule has 5 nitrogen and oxygen atoms in total. The normalized spacial score (nSPS) is 13.5. The molecule has 0 aromatic carbocycles. The van der Waals surface area contributed by atoms with E-state index in [9.17, 15) is 0 Å². The molecule has 0 rings (SSSR count). The van der Waals surface area contributed by atoms with E-state index in [2.05, 4.69) is 5.32 Å². The van der Waals surface area contributed by atoms with E-state index < -0.39 is 0 Å². The number of likely N-dealkylation sites (N-methyl/N-ethyl adjacent to an activating group) is 1. The molecule has 86 valence electrons. The second-order valence-electron chi connectivity index (χ2n) is 3.08. The van der Waals surface area contributed by atoms with Crippen LogP contribution in [0.15, 0.2) is 0 Å². The van der Waals surface area contributed by atoms with Gasteiger partial charge in [0.15, 0.2) is 0 Å². The van der Waals surface area contributed by atoms with Crippen molar-refractivity contribution in [3.05, 3.63) is 0 Å². The number of aliphatic hydroxyl groups excluding tert-OH is 3. The highest BCUT2D eigenvalue weighted by atomic mass is 16.3. The fraction of sp³-hybridized carbons (Fsp3) is 1.00. The van der Waals surface area contributed by atoms with Gasteiger partial charge in [-0.3, -0.25) is 10.2 Å². The number of rotatable bonds is 9. The summed E-state index contributed by atoms with van der Waals surface area (Å²) in [6, 6.07) is 0. The van der Waals surface area contributed by atoms with Gasteiger partial charge in [0.05, 0.1) is 19.4 Å². The quantitative estimate of drug-likeness (QED) is 0.275. The second kappa shape index (κ2) is 9.36. The van der Waals surface area contributed by atoms with Gasteiger partial charge in [0.25, 0.3) is 0 Å². The smallest absolute Gasteiger partial charge is 0.0836 e. The van der Waals surface area contributed by atoms with Crippen LogP contribution in [0, 0.1) is 0 Å². The molecule has 1 atom stereocenters. The fourth-order valence-electron chi connectivity index (χ4n) is 1.32. The Balaban J connectivity index is 3.81. The first-order valence-electron chi connectivity index (χ1n) is 5.10. The minimum Gasteiger partial charge on any atom is -0.396 e. The largest absolute Gasteiger partial charge is 0.396 e. The number of hydrogen-bond acceptors (Lipinski definition) is 5. The Hall–Kier alpha value is -0.200. The fourth-order valence-corrected chi connectivity index (χ4v) is 1.32. The lowest BCUT2D eigenvalue weighted by Crippen LogP contribution is -2.49. The van der Waals surface area contributed by atoms with E-state index >= 15 is 0 Å². The molecule has 0 aliphatic heterocycles. The van der Waals surface area contributed by atoms with Crippen LogP contribution in [0.2, 0.25) is 0 Å². The lowest BCUT2D eigenvalue weighted by Gasteiger charge is -2.29. The molecule has 0 heterocycles. The van der Waals surface area contributed by atoms with Gasteiger partial charge in [-0.05, 0) is 19.5 Å². The first-order valence-corrected chi connectivity index (χ1v) is 5.10. The van der Waals surface area contributed by atoms with Crippen LogP contribution in [0.25, 0.3) is 0 Å². The standard InChI is InChI=1S/C9H22N2O3/c1-2-11(5-7-13)9(8-14)10-4-3-6-12/h9-10,12-14H,2-8H2,1H3. The monoisotopic (exact) mass is 206 g/mol. The van der Waals surface area contributed by atoms with Crippen molar-refractivity contribution in [1.29, 1.82) is 0 Å². The minimum absolute atomic E-state index is 0.0132. The number of aliphatic hydroxyl groups is 3. The molecule has 4 N–H and O–H groups in total. The zero-order valence-corrected chi connectivity index (χ0v) is 8.82. The predicted molar refractivity (Wildman–Crippen MR) is 54.9 cm³/mol. The summed E-state index contributed by atoms with van der Waals surface area (Å²) in [7, 11) is 0. The van der Waals surface area contributed by atoms with Crippen LogP contribution < -0.4 is 5.32 Å². The zero-order valence-electron chi connectivity index (χ0n) is 8.82. The summed E-state index contributed by atoms with van der Waals surface area (Å²) in [5, 5.41) is 29.6. The lowest BCUT2D eigenvalue weighted by atomic mass is 10.3. The Morgan fingerprint density at radius 1 is 1.21 bits per heavy atom. The Bertz CT molecular complexity index is 125. The van der Waals surface area contributed by atoms with Gasteiger partial charge >= 0.3 is 0 Å². The van der Waals surface area contributed by atoms with Crippen LogP contribution in [-0.2, 0) is 0 Å². The van der Waals surface area contributed by atoms with E-state index in [0.29, 0.717) is 19.5 Å². The average Bonchev–Trinajstić information content (AvgIpc) is 2.22. The number of nitrogens with one attached hydrogen (secondary N) is 1. The third kappa shape index (κ3) is 5.51. The molecule has 0 aliphatic rings. The summed E-state index contributed by atoms with van der Waals surface area (Å²) in [6.07, 6.45) is 0.548. The van der Waals surface area contributed by atoms with E-state index in [-0.39, 0.29) is 26.0 Å². The maximum absolute atomic E-state index is 9.11. The molecule has 0 aliphatic carbocycles. The summed E-state index contributed by atoms with van der Waals surface area (Å²) in [4.78, 5) is 1.96. The molecule has 1 unspecified atom stereocenters. The van der Waals surface area contributed by atoms with Crippen molar-refractivity contribution in [1.82, 2.24) is 10.2 Å². The third-order valence-electron chi connectivity index (χ3n) is 2.12. The van der Waals surface area contributed by atoms with Crippen molar-refractivity contribution in [2.45, 2.75) is 19.5 Å². The Morgan fingerprint density at radius 3 is 2.36 bits per heavy atom. The van der Waals surface area contributed by atoms with Gasteiger partial charge in [0.1, 0.15) is 0 Å². The van der Waals surface area contributed by atoms with E-state index in [4.69, 9.17) is 15.3 Å². The predicted octanol–water partition coefficient (Wildman–Crippen LogP) is -1.41. The number of nitrogens with zero attached hydrogens (tertiary/aromatic N) is 1. The molecule has 0 fully saturated rings. The van der Waals surface area contributed by atoms with Crippen molar-refractivity contribution in [3.63, 3.8) is 0 Å². The van der Waals surface area contributed by atoms with Gasteiger partial charge < -0.3 is 15.3 Å². The van der Waals surface area contributed by atoms with E-state index in [0.717, 1.165) is 6.54 Å². The molecule has 14 heavy (non-hydrogen) atoms. The van der Waals surface area contributed by atoms with Crippen LogP contribution in [-0.4, -0.2) is 65.8 Å². The average molecular weight is 206 g/mol. The maximum atomic E-state index is 9.11. The van der Waals surface area contributed by atoms with Gasteiger partial charge in [-0.1, -0.05) is 6.92 Å². The van der Waals surface area contributed by atoms with E-state index in [1.54, 1.807) is 0 Å². The summed E-state index contributed by atoms with van der Waals surface area (Å²) >= 11 is 0. The Labute approximate surface area is 85.4 Å². The summed E-state index contributed by atoms with van der Waals surface area (Å²) in [5.74, 6) is 0. The minimum atomic E-state index is -0.126. The molecule has 0 bridgehead atoms. The SMILES string of the molecule is CCN(CCO)C(CO)NCCCO. The first-order chi connectivity index (χ1) is 6.79. The van der Waals surface area contributed by atoms with Gasteiger partial charge in [-0.2, -0.15) is 0 Å². The second-order valence-corrected chi connectivity index (χ2v) is 3.08. The first kappa shape index (κ1) is 13.8. The third-order valence-corrected chi connectivity index (χ3v) is 2.12. The van der Waals surface area contributed by atoms with Gasteiger partial charge in [0.2, 0.25) is 0 Å². The molecular weight excluding hydrogens is 184 g/mol. The van der Waals surface area contributed by atoms with Crippen molar-refractivity contribution in [2.75, 3.05) is 39.5 Å². The van der Waals surface area contributed by atoms with Gasteiger partial charge in [-0.25, -0.2) is 0 Å². The molecule has 0 saturated carbocycles. The number of hydrogen-bond donors (Lipinski definition) is 4. The molecule has 0 amide bonds. The van der Waals surface area contributed by atoms with Crippen molar-refractivity contribution >= 4 is 0 Å². The van der Waals surface area contributed by atoms with E-state index in [1.807, 2.05) is 11.8 Å². The molecule has 0 aromatic heterocycles. The molecule has 0 aromatic rings. The molecule has 0 saturated heterocycles. The summed E-state index contributed by atoms with van der Waals surface area (Å²) in [6.45, 7) is 4.23. The maximum Gasteiger partial charge on any atom is 0.0836 e. The highest BCUT2D eigenvalue weighted by Crippen LogP contribution is 1.94. The molecule has 0 radical (unpaired) electrons. The zero-order chi connectivity index (χ0) is 10.8. The van der Waals surface area contributed by atoms with Crippen molar-refractivity contribution < 1.29 is 15.3 Å². The van der Waals surface area contributed by atoms with Crippen molar-refractivity contribution in [2.24, 2.45) is 0 Å². The van der Waals surface area contributed by atoms with Crippen molar-refractivity contribution in [3.8, 4) is 0 Å². The highest BCUT2D eigenvalue weighted by Gasteiger charge is 2.13. The molecule has 0 spiro atoms. The Kier molecular flexibility index (Phi) is 9.23. The summed E-state index contributed by atoms with van der Waals surface area (Å²) < 4.78 is 0. The van der Waals surface area contributed by atoms with E-state index in [1.165, 1.54) is 0 Å². The molecular formula is C9H22N2O3. The Morgan fingerprint density at radius 2 is 1.93 bits per heavy atom. The van der Waals surface area contributed by atoms with Crippen LogP contribution >= 0.6 is 0 Å². The van der Waals surface area contributed by atoms with Crippen LogP contribution in [0.4, 0.5) is 0 Å². The molecule has 5 heteroatoms. The summed E-state index contributed by atoms with van der Waals surface area (Å²) in [5.41, 5.74) is 0. The topological polar surface area (TPSA) is 76.0 Å².